The summed E-state index contributed by atoms with van der Waals surface area (Å²) < 4.78 is 1.68. The van der Waals surface area contributed by atoms with E-state index in [1.165, 1.54) is 6.92 Å². The van der Waals surface area contributed by atoms with Crippen molar-refractivity contribution in [1.29, 1.82) is 0 Å². The average Bonchev–Trinajstić information content (AvgIpc) is 3.40. The summed E-state index contributed by atoms with van der Waals surface area (Å²) in [5, 5.41) is 12.8. The molecule has 0 amide bonds. The molecule has 0 unspecified atom stereocenters. The van der Waals surface area contributed by atoms with Crippen LogP contribution in [0.15, 0.2) is 39.7 Å². The van der Waals surface area contributed by atoms with Crippen LogP contribution in [0.2, 0.25) is 0 Å². The number of nitrogens with one attached hydrogen (secondary N) is 1. The predicted octanol–water partition coefficient (Wildman–Crippen LogP) is 2.98. The van der Waals surface area contributed by atoms with Gasteiger partial charge in [0.1, 0.15) is 11.5 Å². The Morgan fingerprint density at radius 1 is 1.18 bits per heavy atom. The van der Waals surface area contributed by atoms with E-state index in [-0.39, 0.29) is 35.4 Å². The van der Waals surface area contributed by atoms with Crippen LogP contribution in [0.3, 0.4) is 0 Å². The Bertz CT molecular complexity index is 1360. The molecule has 2 aromatic rings. The molecule has 2 aliphatic rings. The molecule has 0 spiro atoms. The lowest BCUT2D eigenvalue weighted by molar-refractivity contribution is -0.138. The van der Waals surface area contributed by atoms with Crippen LogP contribution in [0.4, 0.5) is 5.95 Å². The van der Waals surface area contributed by atoms with E-state index in [0.29, 0.717) is 35.5 Å². The third-order valence-electron chi connectivity index (χ3n) is 7.37. The Morgan fingerprint density at radius 2 is 1.87 bits per heavy atom. The van der Waals surface area contributed by atoms with E-state index in [1.54, 1.807) is 23.8 Å². The van der Waals surface area contributed by atoms with Crippen molar-refractivity contribution in [3.05, 3.63) is 51.3 Å². The van der Waals surface area contributed by atoms with Crippen LogP contribution in [-0.2, 0) is 4.79 Å². The summed E-state index contributed by atoms with van der Waals surface area (Å²) in [6.45, 7) is 11.7. The van der Waals surface area contributed by atoms with E-state index >= 15 is 0 Å². The number of pyridine rings is 1. The monoisotopic (exact) mass is 521 g/mol. The van der Waals surface area contributed by atoms with Gasteiger partial charge in [-0.25, -0.2) is 9.98 Å². The highest BCUT2D eigenvalue weighted by Gasteiger charge is 2.26. The molecule has 2 fully saturated rings. The number of fused-ring (bicyclic) bond motifs is 1. The molecule has 11 heteroatoms. The first-order valence-electron chi connectivity index (χ1n) is 12.9. The van der Waals surface area contributed by atoms with Crippen molar-refractivity contribution in [2.45, 2.75) is 52.5 Å². The van der Waals surface area contributed by atoms with E-state index in [2.05, 4.69) is 26.9 Å². The van der Waals surface area contributed by atoms with Gasteiger partial charge in [-0.15, -0.1) is 0 Å². The summed E-state index contributed by atoms with van der Waals surface area (Å²) in [4.78, 5) is 54.0. The van der Waals surface area contributed by atoms with Gasteiger partial charge in [0.05, 0.1) is 12.1 Å². The number of allylic oxidation sites excluding steroid dienone is 3. The minimum Gasteiger partial charge on any atom is -0.480 e. The highest BCUT2D eigenvalue weighted by atomic mass is 16.4. The van der Waals surface area contributed by atoms with Crippen LogP contribution in [0.25, 0.3) is 11.0 Å². The van der Waals surface area contributed by atoms with E-state index in [4.69, 9.17) is 10.1 Å². The summed E-state index contributed by atoms with van der Waals surface area (Å²) in [7, 11) is 0. The minimum atomic E-state index is -0.813. The number of aliphatic carboxylic acids is 1. The second-order valence-corrected chi connectivity index (χ2v) is 9.90. The smallest absolute Gasteiger partial charge is 0.317 e. The summed E-state index contributed by atoms with van der Waals surface area (Å²) >= 11 is 0. The number of carboxylic acid groups (broad SMARTS) is 1. The number of rotatable bonds is 9. The number of hydrogen-bond acceptors (Lipinski definition) is 9. The topological polar surface area (TPSA) is 133 Å². The Hall–Kier alpha value is -3.86. The van der Waals surface area contributed by atoms with Crippen LogP contribution in [-0.4, -0.2) is 80.6 Å². The van der Waals surface area contributed by atoms with Gasteiger partial charge in [0.15, 0.2) is 5.78 Å². The minimum absolute atomic E-state index is 0.000500. The Kier molecular flexibility index (Phi) is 8.35. The van der Waals surface area contributed by atoms with Gasteiger partial charge in [0, 0.05) is 49.5 Å². The number of piperazine rings is 1. The first-order chi connectivity index (χ1) is 18.2. The molecule has 1 saturated carbocycles. The maximum Gasteiger partial charge on any atom is 0.317 e. The predicted molar refractivity (Wildman–Crippen MR) is 147 cm³/mol. The number of aryl methyl sites for hydroxylation is 1. The number of Topliss-reactive ketones (excluding diaryl/α,β-unsaturated/α-hetero) is 1. The first kappa shape index (κ1) is 27.2. The van der Waals surface area contributed by atoms with Gasteiger partial charge in [-0.1, -0.05) is 12.8 Å². The van der Waals surface area contributed by atoms with Crippen LogP contribution >= 0.6 is 0 Å². The lowest BCUT2D eigenvalue weighted by Crippen LogP contribution is -2.47. The van der Waals surface area contributed by atoms with Gasteiger partial charge in [-0.05, 0) is 58.0 Å². The number of nitrogens with zero attached hydrogens (tertiary/aromatic N) is 6. The van der Waals surface area contributed by atoms with Crippen molar-refractivity contribution < 1.29 is 14.7 Å². The molecule has 202 valence electrons. The summed E-state index contributed by atoms with van der Waals surface area (Å²) in [6, 6.07) is 0.000500. The van der Waals surface area contributed by atoms with Gasteiger partial charge in [-0.3, -0.25) is 23.9 Å². The van der Waals surface area contributed by atoms with Crippen molar-refractivity contribution in [3.8, 4) is 0 Å². The molecule has 1 saturated heterocycles. The van der Waals surface area contributed by atoms with Gasteiger partial charge in [0.25, 0.3) is 5.56 Å². The number of carbonyl (C=O) groups excluding carboxylic acids is 1. The molecule has 2 aromatic heterocycles. The van der Waals surface area contributed by atoms with Gasteiger partial charge in [-0.2, -0.15) is 4.98 Å². The molecule has 2 N–H and O–H groups in total. The fraction of sp³-hybridized carbons (Fsp3) is 0.481. The van der Waals surface area contributed by atoms with Crippen LogP contribution < -0.4 is 10.9 Å². The number of hydrogen-bond donors (Lipinski definition) is 2. The number of aliphatic imine (C=N–C) groups is 1. The fourth-order valence-electron chi connectivity index (χ4n) is 5.31. The number of carbonyl (C=O) groups is 2. The Balaban J connectivity index is 1.59. The number of anilines is 1. The first-order valence-corrected chi connectivity index (χ1v) is 12.9. The molecule has 3 heterocycles. The normalized spacial score (nSPS) is 17.7. The van der Waals surface area contributed by atoms with Gasteiger partial charge >= 0.3 is 5.97 Å². The van der Waals surface area contributed by atoms with Gasteiger partial charge < -0.3 is 15.3 Å². The van der Waals surface area contributed by atoms with Crippen molar-refractivity contribution >= 4 is 35.5 Å². The fourth-order valence-corrected chi connectivity index (χ4v) is 5.31. The maximum atomic E-state index is 13.4. The number of ketones is 1. The van der Waals surface area contributed by atoms with Crippen molar-refractivity contribution in [1.82, 2.24) is 24.3 Å². The van der Waals surface area contributed by atoms with Crippen LogP contribution in [0.5, 0.6) is 0 Å². The van der Waals surface area contributed by atoms with Crippen molar-refractivity contribution in [2.75, 3.05) is 38.0 Å². The van der Waals surface area contributed by atoms with Gasteiger partial charge in [0.2, 0.25) is 5.95 Å². The SMILES string of the molecule is C=N/C(=C\C=C(/C)N1CCN(CC(=O)O)CC1)Nc1ncc2c(C)c(C(C)=O)c(=O)n(C3CCCC3)c2n1. The van der Waals surface area contributed by atoms with E-state index in [1.807, 2.05) is 17.9 Å². The molecule has 0 bridgehead atoms. The molecule has 1 aliphatic heterocycles. The summed E-state index contributed by atoms with van der Waals surface area (Å²) in [6.07, 6.45) is 9.16. The zero-order valence-corrected chi connectivity index (χ0v) is 22.2. The molecule has 4 rings (SSSR count). The molecule has 38 heavy (non-hydrogen) atoms. The molecular formula is C27H35N7O4. The summed E-state index contributed by atoms with van der Waals surface area (Å²) in [5.41, 5.74) is 2.03. The van der Waals surface area contributed by atoms with E-state index in [9.17, 15) is 14.4 Å². The van der Waals surface area contributed by atoms with Crippen LogP contribution in [0.1, 0.15) is 61.5 Å². The highest BCUT2D eigenvalue weighted by molar-refractivity contribution is 5.99. The quantitative estimate of drug-likeness (QED) is 0.290. The van der Waals surface area contributed by atoms with Crippen molar-refractivity contribution in [2.24, 2.45) is 4.99 Å². The third kappa shape index (κ3) is 5.83. The summed E-state index contributed by atoms with van der Waals surface area (Å²) in [5.74, 6) is -0.340. The van der Waals surface area contributed by atoms with E-state index < -0.39 is 5.97 Å². The highest BCUT2D eigenvalue weighted by Crippen LogP contribution is 2.32. The third-order valence-corrected chi connectivity index (χ3v) is 7.37. The number of carboxylic acids is 1. The maximum absolute atomic E-state index is 13.4. The molecule has 0 radical (unpaired) electrons. The largest absolute Gasteiger partial charge is 0.480 e. The number of aromatic nitrogens is 3. The zero-order valence-electron chi connectivity index (χ0n) is 22.2. The molecule has 0 atom stereocenters. The average molecular weight is 522 g/mol. The molecule has 11 nitrogen and oxygen atoms in total. The van der Waals surface area contributed by atoms with Crippen molar-refractivity contribution in [3.63, 3.8) is 0 Å². The standard InChI is InChI=1S/C27H35N7O4/c1-17(33-13-11-32(12-14-33)16-23(36)37)9-10-22(28-4)30-27-29-15-21-18(2)24(19(3)35)26(38)34(25(21)31-27)20-7-5-6-8-20/h9-10,15,20H,4-8,11-14,16H2,1-3H3,(H,36,37)(H,29,30,31)/b17-9+,22-10+. The van der Waals surface area contributed by atoms with Crippen LogP contribution in [0, 0.1) is 6.92 Å². The Labute approximate surface area is 221 Å². The molecular weight excluding hydrogens is 486 g/mol. The Morgan fingerprint density at radius 3 is 2.47 bits per heavy atom. The second-order valence-electron chi connectivity index (χ2n) is 9.90. The van der Waals surface area contributed by atoms with E-state index in [0.717, 1.165) is 44.5 Å². The lowest BCUT2D eigenvalue weighted by Gasteiger charge is -2.35. The second kappa shape index (κ2) is 11.7. The molecule has 1 aliphatic carbocycles. The zero-order chi connectivity index (χ0) is 27.4. The lowest BCUT2D eigenvalue weighted by atomic mass is 10.0. The molecule has 0 aromatic carbocycles.